The summed E-state index contributed by atoms with van der Waals surface area (Å²) in [6.07, 6.45) is 4.22. The van der Waals surface area contributed by atoms with Gasteiger partial charge in [0.25, 0.3) is 0 Å². The van der Waals surface area contributed by atoms with E-state index >= 15 is 0 Å². The third-order valence-corrected chi connectivity index (χ3v) is 3.86. The molecule has 0 aliphatic heterocycles. The molecule has 10 nitrogen and oxygen atoms in total. The summed E-state index contributed by atoms with van der Waals surface area (Å²) in [7, 11) is 0. The first-order chi connectivity index (χ1) is 19.3. The standard InChI is InChI=1S/C22H46O8.3C2H6.CHNO/c1-3-8-24-13-16-28-21-22-30-18-15-26-10-7-5-6-9-25-14-17-29-20-19-27-12-11-23-4-2;3*1-2;1-2-3/h3-22H2,1-2H3;3*1-2H3;1H/p+1. The van der Waals surface area contributed by atoms with Crippen LogP contribution in [0.4, 0.5) is 0 Å². The molecule has 0 fully saturated rings. The molecule has 0 aromatic carbocycles. The van der Waals surface area contributed by atoms with Crippen LogP contribution in [0.25, 0.3) is 5.01 Å². The van der Waals surface area contributed by atoms with Crippen molar-refractivity contribution in [3.05, 3.63) is 5.01 Å². The zero-order valence-electron chi connectivity index (χ0n) is 26.9. The largest absolute Gasteiger partial charge is 0.379 e. The molecule has 39 heavy (non-hydrogen) atoms. The molecule has 1 N–H and O–H groups in total. The molecule has 0 aliphatic rings. The van der Waals surface area contributed by atoms with E-state index in [0.717, 1.165) is 52.1 Å². The Labute approximate surface area is 241 Å². The topological polar surface area (TPSA) is 98.4 Å². The number of hydrogen-bond acceptors (Lipinski definition) is 9. The molecule has 0 atom stereocenters. The van der Waals surface area contributed by atoms with Crippen LogP contribution >= 0.6 is 0 Å². The molecular weight excluding hydrogens is 506 g/mol. The average Bonchev–Trinajstić information content (AvgIpc) is 2.98. The Hall–Kier alpha value is -1.03. The molecule has 0 rings (SSSR count). The molecule has 0 aliphatic carbocycles. The molecule has 0 aromatic rings. The van der Waals surface area contributed by atoms with Crippen molar-refractivity contribution in [2.45, 2.75) is 81.1 Å². The van der Waals surface area contributed by atoms with Crippen LogP contribution in [-0.2, 0) is 37.9 Å². The lowest BCUT2D eigenvalue weighted by molar-refractivity contribution is -0.00344. The van der Waals surface area contributed by atoms with Crippen molar-refractivity contribution in [3.63, 3.8) is 0 Å². The molecule has 0 saturated carbocycles. The van der Waals surface area contributed by atoms with Crippen LogP contribution in [0, 0.1) is 6.57 Å². The van der Waals surface area contributed by atoms with E-state index in [1.807, 2.05) is 53.5 Å². The summed E-state index contributed by atoms with van der Waals surface area (Å²) in [4.78, 5) is 0. The second-order valence-corrected chi connectivity index (χ2v) is 6.66. The molecular formula is C29H66NO9+. The minimum absolute atomic E-state index is 0.595. The van der Waals surface area contributed by atoms with Crippen LogP contribution in [0.5, 0.6) is 0 Å². The Balaban J connectivity index is -0.000000381. The van der Waals surface area contributed by atoms with Crippen molar-refractivity contribution >= 4 is 0 Å². The fourth-order valence-corrected chi connectivity index (χ4v) is 2.30. The third-order valence-electron chi connectivity index (χ3n) is 3.86. The van der Waals surface area contributed by atoms with Crippen LogP contribution in [0.3, 0.4) is 0 Å². The van der Waals surface area contributed by atoms with Gasteiger partial charge < -0.3 is 37.9 Å². The van der Waals surface area contributed by atoms with E-state index in [2.05, 4.69) is 13.5 Å². The lowest BCUT2D eigenvalue weighted by Crippen LogP contribution is -2.12. The molecule has 0 spiro atoms. The van der Waals surface area contributed by atoms with E-state index in [4.69, 9.17) is 43.1 Å². The van der Waals surface area contributed by atoms with Crippen LogP contribution < -0.4 is 0 Å². The summed E-state index contributed by atoms with van der Waals surface area (Å²) in [6, 6.07) is 0. The van der Waals surface area contributed by atoms with Crippen LogP contribution in [0.2, 0.25) is 0 Å². The van der Waals surface area contributed by atoms with Crippen molar-refractivity contribution in [1.29, 1.82) is 0 Å². The van der Waals surface area contributed by atoms with Crippen LogP contribution in [0.1, 0.15) is 81.1 Å². The molecule has 0 radical (unpaired) electrons. The number of hydrogen-bond donors (Lipinski definition) is 1. The van der Waals surface area contributed by atoms with Gasteiger partial charge >= 0.3 is 6.57 Å². The van der Waals surface area contributed by atoms with Gasteiger partial charge in [0.15, 0.2) is 0 Å². The first kappa shape index (κ1) is 47.7. The maximum atomic E-state index is 6.97. The summed E-state index contributed by atoms with van der Waals surface area (Å²) in [5, 5.41) is 8.97. The van der Waals surface area contributed by atoms with Gasteiger partial charge in [0, 0.05) is 26.4 Å². The minimum atomic E-state index is 0.595. The Bertz CT molecular complexity index is 345. The van der Waals surface area contributed by atoms with Gasteiger partial charge in [-0.05, 0) is 32.6 Å². The highest BCUT2D eigenvalue weighted by molar-refractivity contribution is 4.42. The zero-order chi connectivity index (χ0) is 30.5. The van der Waals surface area contributed by atoms with Crippen molar-refractivity contribution in [3.8, 4) is 6.57 Å². The maximum absolute atomic E-state index is 6.97. The lowest BCUT2D eigenvalue weighted by atomic mass is 10.2. The first-order valence-corrected chi connectivity index (χ1v) is 15.0. The fourth-order valence-electron chi connectivity index (χ4n) is 2.30. The highest BCUT2D eigenvalue weighted by Crippen LogP contribution is 1.97. The number of rotatable bonds is 27. The fraction of sp³-hybridized carbons (Fsp3) is 0.966. The first-order valence-electron chi connectivity index (χ1n) is 15.0. The Kier molecular flexibility index (Phi) is 74.8. The van der Waals surface area contributed by atoms with E-state index in [1.165, 1.54) is 0 Å². The number of unbranched alkanes of at least 4 members (excludes halogenated alkanes) is 2. The summed E-state index contributed by atoms with van der Waals surface area (Å²) >= 11 is 0. The summed E-state index contributed by atoms with van der Waals surface area (Å²) in [5.74, 6) is 0. The van der Waals surface area contributed by atoms with Gasteiger partial charge in [0.05, 0.1) is 79.3 Å². The predicted octanol–water partition coefficient (Wildman–Crippen LogP) is 6.14. The van der Waals surface area contributed by atoms with Gasteiger partial charge in [-0.1, -0.05) is 48.5 Å². The Morgan fingerprint density at radius 3 is 0.897 bits per heavy atom. The smallest absolute Gasteiger partial charge is 0.335 e. The second-order valence-electron chi connectivity index (χ2n) is 6.66. The van der Waals surface area contributed by atoms with Gasteiger partial charge in [-0.25, -0.2) is 0 Å². The van der Waals surface area contributed by atoms with Gasteiger partial charge in [-0.2, -0.15) is 5.21 Å². The Morgan fingerprint density at radius 1 is 0.410 bits per heavy atom. The SMILES string of the molecule is C#[N+]O.CC.CC.CC.CCCOCCOCCOCCOCCCCCOCCOCCOCCOCC. The summed E-state index contributed by atoms with van der Waals surface area (Å²) in [5.41, 5.74) is 0. The van der Waals surface area contributed by atoms with E-state index in [-0.39, 0.29) is 0 Å². The lowest BCUT2D eigenvalue weighted by Gasteiger charge is -2.08. The monoisotopic (exact) mass is 572 g/mol. The van der Waals surface area contributed by atoms with E-state index < -0.39 is 0 Å². The molecule has 240 valence electrons. The molecule has 10 heteroatoms. The van der Waals surface area contributed by atoms with Crippen molar-refractivity contribution in [1.82, 2.24) is 0 Å². The van der Waals surface area contributed by atoms with E-state index in [0.29, 0.717) is 79.3 Å². The quantitative estimate of drug-likeness (QED) is 0.0919. The number of nitrogens with zero attached hydrogens (tertiary/aromatic N) is 1. The minimum Gasteiger partial charge on any atom is -0.379 e. The summed E-state index contributed by atoms with van der Waals surface area (Å²) in [6.45, 7) is 30.5. The average molecular weight is 573 g/mol. The van der Waals surface area contributed by atoms with Gasteiger partial charge in [-0.3, -0.25) is 0 Å². The zero-order valence-corrected chi connectivity index (χ0v) is 26.9. The third kappa shape index (κ3) is 67.0. The highest BCUT2D eigenvalue weighted by atomic mass is 16.6. The van der Waals surface area contributed by atoms with Crippen molar-refractivity contribution in [2.75, 3.05) is 106 Å². The Morgan fingerprint density at radius 2 is 0.641 bits per heavy atom. The summed E-state index contributed by atoms with van der Waals surface area (Å²) < 4.78 is 43.3. The second kappa shape index (κ2) is 61.1. The van der Waals surface area contributed by atoms with Crippen molar-refractivity contribution < 1.29 is 43.1 Å². The maximum Gasteiger partial charge on any atom is 0.335 e. The van der Waals surface area contributed by atoms with E-state index in [9.17, 15) is 0 Å². The van der Waals surface area contributed by atoms with Crippen LogP contribution in [-0.4, -0.2) is 111 Å². The molecule has 0 heterocycles. The predicted molar refractivity (Wildman–Crippen MR) is 161 cm³/mol. The van der Waals surface area contributed by atoms with Gasteiger partial charge in [0.1, 0.15) is 0 Å². The molecule has 0 unspecified atom stereocenters. The molecule has 0 amide bonds. The van der Waals surface area contributed by atoms with E-state index in [1.54, 1.807) is 0 Å². The molecule has 0 aromatic heterocycles. The van der Waals surface area contributed by atoms with Crippen molar-refractivity contribution in [2.24, 2.45) is 0 Å². The van der Waals surface area contributed by atoms with Crippen LogP contribution in [0.15, 0.2) is 0 Å². The molecule has 0 saturated heterocycles. The normalized spacial score (nSPS) is 9.41. The number of ether oxygens (including phenoxy) is 8. The van der Waals surface area contributed by atoms with Gasteiger partial charge in [0.2, 0.25) is 5.01 Å². The molecule has 0 bridgehead atoms. The highest BCUT2D eigenvalue weighted by Gasteiger charge is 1.95. The van der Waals surface area contributed by atoms with Gasteiger partial charge in [-0.15, -0.1) is 0 Å².